The third-order valence-corrected chi connectivity index (χ3v) is 10.2. The number of aromatic nitrogens is 3. The van der Waals surface area contributed by atoms with E-state index in [2.05, 4.69) is 20.9 Å². The minimum absolute atomic E-state index is 0.0288. The quantitative estimate of drug-likeness (QED) is 0.234. The van der Waals surface area contributed by atoms with Crippen LogP contribution in [-0.4, -0.2) is 72.6 Å². The average Bonchev–Trinajstić information content (AvgIpc) is 3.83. The second kappa shape index (κ2) is 12.0. The van der Waals surface area contributed by atoms with Crippen LogP contribution in [0.1, 0.15) is 37.3 Å². The third-order valence-electron chi connectivity index (χ3n) is 10.2. The molecule has 1 spiro atoms. The lowest BCUT2D eigenvalue weighted by molar-refractivity contribution is -0.151. The molecule has 2 unspecified atom stereocenters. The molecule has 11 nitrogen and oxygen atoms in total. The van der Waals surface area contributed by atoms with Crippen LogP contribution in [0.5, 0.6) is 0 Å². The molecule has 3 fully saturated rings. The van der Waals surface area contributed by atoms with Crippen LogP contribution in [0.4, 0.5) is 0 Å². The van der Waals surface area contributed by atoms with E-state index in [9.17, 15) is 19.5 Å². The molecule has 3 saturated heterocycles. The summed E-state index contributed by atoms with van der Waals surface area (Å²) in [6.45, 7) is 1.96. The van der Waals surface area contributed by atoms with Crippen molar-refractivity contribution >= 4 is 28.8 Å². The molecule has 3 aliphatic rings. The van der Waals surface area contributed by atoms with Crippen molar-refractivity contribution in [2.75, 3.05) is 6.61 Å². The van der Waals surface area contributed by atoms with Crippen molar-refractivity contribution in [1.29, 1.82) is 0 Å². The van der Waals surface area contributed by atoms with Crippen LogP contribution in [0.3, 0.4) is 0 Å². The Bertz CT molecular complexity index is 1750. The normalized spacial score (nSPS) is 27.1. The van der Waals surface area contributed by atoms with E-state index < -0.39 is 41.0 Å². The van der Waals surface area contributed by atoms with Crippen LogP contribution in [0, 0.1) is 11.8 Å². The van der Waals surface area contributed by atoms with Crippen molar-refractivity contribution < 1.29 is 24.2 Å². The molecule has 0 saturated carbocycles. The van der Waals surface area contributed by atoms with Crippen molar-refractivity contribution in [3.63, 3.8) is 0 Å². The fourth-order valence-corrected chi connectivity index (χ4v) is 8.06. The Morgan fingerprint density at radius 3 is 2.37 bits per heavy atom. The Hall–Kier alpha value is -4.61. The van der Waals surface area contributed by atoms with E-state index in [0.717, 1.165) is 16.6 Å². The lowest BCUT2D eigenvalue weighted by Gasteiger charge is -2.37. The summed E-state index contributed by atoms with van der Waals surface area (Å²) in [4.78, 5) is 44.6. The Labute approximate surface area is 266 Å². The van der Waals surface area contributed by atoms with Gasteiger partial charge in [0.05, 0.1) is 35.6 Å². The van der Waals surface area contributed by atoms with Crippen molar-refractivity contribution in [3.8, 4) is 0 Å². The van der Waals surface area contributed by atoms with Gasteiger partial charge >= 0.3 is 0 Å². The molecule has 3 aromatic carbocycles. The van der Waals surface area contributed by atoms with Gasteiger partial charge in [-0.1, -0.05) is 84.9 Å². The molecule has 4 aromatic rings. The van der Waals surface area contributed by atoms with Gasteiger partial charge in [0.25, 0.3) is 0 Å². The Balaban J connectivity index is 1.23. The summed E-state index contributed by atoms with van der Waals surface area (Å²) < 4.78 is 8.49. The van der Waals surface area contributed by atoms with Gasteiger partial charge in [-0.2, -0.15) is 0 Å². The van der Waals surface area contributed by atoms with Crippen LogP contribution in [0.2, 0.25) is 0 Å². The molecule has 2 bridgehead atoms. The minimum atomic E-state index is -1.22. The second-order valence-corrected chi connectivity index (χ2v) is 12.6. The Morgan fingerprint density at radius 2 is 1.65 bits per heavy atom. The van der Waals surface area contributed by atoms with Gasteiger partial charge < -0.3 is 25.4 Å². The van der Waals surface area contributed by atoms with Gasteiger partial charge in [-0.15, -0.1) is 5.10 Å². The van der Waals surface area contributed by atoms with E-state index in [-0.39, 0.29) is 25.1 Å². The first-order valence-corrected chi connectivity index (χ1v) is 16.0. The first-order valence-electron chi connectivity index (χ1n) is 16.0. The molecule has 7 rings (SSSR count). The molecule has 3 amide bonds. The number of amides is 3. The summed E-state index contributed by atoms with van der Waals surface area (Å²) in [5, 5.41) is 25.1. The summed E-state index contributed by atoms with van der Waals surface area (Å²) in [5.74, 6) is -2.66. The SMILES string of the molecule is CC[C@@]12CCC3(O1)C(C(=O)NCn1nnc4ccccc41)N([C@@H](CO)Cc1ccccc1)C(=O)[C@@H]3[C@@H]2C(=O)NCc1ccccc1. The molecular weight excluding hydrogens is 584 g/mol. The smallest absolute Gasteiger partial charge is 0.247 e. The van der Waals surface area contributed by atoms with E-state index in [0.29, 0.717) is 37.7 Å². The fourth-order valence-electron chi connectivity index (χ4n) is 8.06. The zero-order valence-corrected chi connectivity index (χ0v) is 25.7. The van der Waals surface area contributed by atoms with Gasteiger partial charge in [0.1, 0.15) is 23.8 Å². The molecule has 46 heavy (non-hydrogen) atoms. The van der Waals surface area contributed by atoms with Gasteiger partial charge in [0, 0.05) is 6.54 Å². The zero-order valence-electron chi connectivity index (χ0n) is 25.7. The number of rotatable bonds is 11. The monoisotopic (exact) mass is 622 g/mol. The number of hydrogen-bond donors (Lipinski definition) is 3. The number of para-hydroxylation sites is 1. The molecule has 3 aliphatic heterocycles. The highest BCUT2D eigenvalue weighted by Crippen LogP contribution is 2.64. The first-order chi connectivity index (χ1) is 22.4. The van der Waals surface area contributed by atoms with E-state index in [4.69, 9.17) is 4.74 Å². The van der Waals surface area contributed by atoms with Crippen molar-refractivity contribution in [1.82, 2.24) is 30.5 Å². The van der Waals surface area contributed by atoms with Crippen LogP contribution >= 0.6 is 0 Å². The topological polar surface area (TPSA) is 139 Å². The number of nitrogens with zero attached hydrogens (tertiary/aromatic N) is 4. The van der Waals surface area contributed by atoms with Crippen molar-refractivity contribution in [3.05, 3.63) is 96.1 Å². The van der Waals surface area contributed by atoms with Crippen LogP contribution in [0.15, 0.2) is 84.9 Å². The number of aliphatic hydroxyl groups excluding tert-OH is 1. The minimum Gasteiger partial charge on any atom is -0.394 e. The summed E-state index contributed by atoms with van der Waals surface area (Å²) in [6.07, 6.45) is 1.86. The number of aliphatic hydroxyl groups is 1. The number of benzene rings is 3. The summed E-state index contributed by atoms with van der Waals surface area (Å²) in [7, 11) is 0. The average molecular weight is 623 g/mol. The van der Waals surface area contributed by atoms with Crippen molar-refractivity contribution in [2.24, 2.45) is 11.8 Å². The number of hydrogen-bond acceptors (Lipinski definition) is 7. The zero-order chi connectivity index (χ0) is 31.9. The molecule has 11 heteroatoms. The van der Waals surface area contributed by atoms with Crippen molar-refractivity contribution in [2.45, 2.75) is 69.1 Å². The van der Waals surface area contributed by atoms with Crippen LogP contribution in [0.25, 0.3) is 11.0 Å². The number of ether oxygens (including phenoxy) is 1. The van der Waals surface area contributed by atoms with Gasteiger partial charge in [-0.05, 0) is 48.9 Å². The summed E-state index contributed by atoms with van der Waals surface area (Å²) >= 11 is 0. The molecule has 0 radical (unpaired) electrons. The Kier molecular flexibility index (Phi) is 7.82. The molecular formula is C35H38N6O5. The molecule has 4 heterocycles. The summed E-state index contributed by atoms with van der Waals surface area (Å²) in [6, 6.07) is 24.9. The second-order valence-electron chi connectivity index (χ2n) is 12.6. The third kappa shape index (κ3) is 4.85. The highest BCUT2D eigenvalue weighted by molar-refractivity contribution is 5.99. The van der Waals surface area contributed by atoms with E-state index in [1.165, 1.54) is 4.90 Å². The number of carbonyl (C=O) groups is 3. The highest BCUT2D eigenvalue weighted by atomic mass is 16.5. The van der Waals surface area contributed by atoms with Gasteiger partial charge in [0.2, 0.25) is 17.7 Å². The number of likely N-dealkylation sites (tertiary alicyclic amines) is 1. The predicted octanol–water partition coefficient (Wildman–Crippen LogP) is 2.58. The molecule has 6 atom stereocenters. The van der Waals surface area contributed by atoms with E-state index >= 15 is 0 Å². The standard InChI is InChI=1S/C35H38N6O5/c1-2-34-17-18-35(46-34)29(28(34)31(43)36-20-24-13-7-4-8-14-24)33(45)41(25(21-42)19-23-11-5-3-6-12-23)30(35)32(44)37-22-40-27-16-10-9-15-26(27)38-39-40/h3-16,25,28-30,42H,2,17-22H2,1H3,(H,36,43)(H,37,44)/t25-,28-,29+,30?,34+,35?/m1/s1. The van der Waals surface area contributed by atoms with E-state index in [1.807, 2.05) is 91.9 Å². The molecule has 1 aromatic heterocycles. The maximum atomic E-state index is 14.7. The maximum absolute atomic E-state index is 14.7. The summed E-state index contributed by atoms with van der Waals surface area (Å²) in [5.41, 5.74) is 1.23. The molecule has 0 aliphatic carbocycles. The van der Waals surface area contributed by atoms with Gasteiger partial charge in [-0.3, -0.25) is 14.4 Å². The number of fused-ring (bicyclic) bond motifs is 2. The molecule has 3 N–H and O–H groups in total. The van der Waals surface area contributed by atoms with E-state index in [1.54, 1.807) is 4.68 Å². The lowest BCUT2D eigenvalue weighted by atomic mass is 9.65. The maximum Gasteiger partial charge on any atom is 0.247 e. The number of nitrogens with one attached hydrogen (secondary N) is 2. The Morgan fingerprint density at radius 1 is 0.957 bits per heavy atom. The first kappa shape index (κ1) is 30.1. The predicted molar refractivity (Wildman–Crippen MR) is 169 cm³/mol. The molecule has 238 valence electrons. The van der Waals surface area contributed by atoms with Gasteiger partial charge in [-0.25, -0.2) is 4.68 Å². The largest absolute Gasteiger partial charge is 0.394 e. The fraction of sp³-hybridized carbons (Fsp3) is 0.400. The van der Waals surface area contributed by atoms with Gasteiger partial charge in [0.15, 0.2) is 0 Å². The number of carbonyl (C=O) groups excluding carboxylic acids is 3. The highest BCUT2D eigenvalue weighted by Gasteiger charge is 2.79. The lowest BCUT2D eigenvalue weighted by Crippen LogP contribution is -2.58. The van der Waals surface area contributed by atoms with Crippen LogP contribution < -0.4 is 10.6 Å². The van der Waals surface area contributed by atoms with Crippen LogP contribution in [-0.2, 0) is 38.8 Å².